The zero-order chi connectivity index (χ0) is 34.6. The lowest BCUT2D eigenvalue weighted by molar-refractivity contribution is -0.149. The Bertz CT molecular complexity index is 2150. The fraction of sp³-hybridized carbons (Fsp3) is 0.300. The average Bonchev–Trinajstić information content (AvgIpc) is 3.85. The van der Waals surface area contributed by atoms with Gasteiger partial charge in [0.05, 0.1) is 10.8 Å². The number of hydrogen-bond donors (Lipinski definition) is 4. The lowest BCUT2D eigenvalue weighted by Crippen LogP contribution is -2.67. The van der Waals surface area contributed by atoms with E-state index in [2.05, 4.69) is 21.3 Å². The van der Waals surface area contributed by atoms with E-state index in [1.165, 1.54) is 12.1 Å². The zero-order valence-electron chi connectivity index (χ0n) is 27.5. The molecule has 51 heavy (non-hydrogen) atoms. The van der Waals surface area contributed by atoms with E-state index in [1.807, 2.05) is 84.9 Å². The molecule has 10 rings (SSSR count). The summed E-state index contributed by atoms with van der Waals surface area (Å²) in [5, 5.41) is 13.2. The topological polar surface area (TPSA) is 123 Å². The maximum atomic E-state index is 15.0. The molecule has 0 radical (unpaired) electrons. The quantitative estimate of drug-likeness (QED) is 0.257. The summed E-state index contributed by atoms with van der Waals surface area (Å²) < 4.78 is 15.0. The van der Waals surface area contributed by atoms with Crippen LogP contribution in [0.3, 0.4) is 0 Å². The van der Waals surface area contributed by atoms with Crippen LogP contribution in [0.25, 0.3) is 0 Å². The Morgan fingerprint density at radius 2 is 1.04 bits per heavy atom. The molecule has 0 aromatic heterocycles. The fourth-order valence-electron chi connectivity index (χ4n) is 10.4. The first-order valence-electron chi connectivity index (χ1n) is 17.6. The largest absolute Gasteiger partial charge is 0.364 e. The summed E-state index contributed by atoms with van der Waals surface area (Å²) in [5.41, 5.74) is 2.85. The third kappa shape index (κ3) is 3.97. The molecule has 6 heterocycles. The molecule has 0 saturated carbocycles. The second kappa shape index (κ2) is 10.6. The highest BCUT2D eigenvalue weighted by molar-refractivity contribution is 6.01. The van der Waals surface area contributed by atoms with E-state index in [4.69, 9.17) is 0 Å². The van der Waals surface area contributed by atoms with Gasteiger partial charge in [-0.3, -0.25) is 19.2 Å². The van der Waals surface area contributed by atoms with Crippen LogP contribution in [0.5, 0.6) is 0 Å². The van der Waals surface area contributed by atoms with Crippen molar-refractivity contribution in [2.75, 3.05) is 10.6 Å². The molecule has 8 atom stereocenters. The highest BCUT2D eigenvalue weighted by Gasteiger charge is 2.78. The van der Waals surface area contributed by atoms with Crippen LogP contribution in [-0.4, -0.2) is 69.9 Å². The van der Waals surface area contributed by atoms with Crippen LogP contribution in [0.1, 0.15) is 35.1 Å². The average molecular weight is 683 g/mol. The normalized spacial score (nSPS) is 32.5. The number of para-hydroxylation sites is 1. The van der Waals surface area contributed by atoms with E-state index in [0.29, 0.717) is 18.5 Å². The SMILES string of the molecule is O=C1N[C@@H](Cc2ccccc2)C(=O)N2[C@H]3Nc4ccccc4C3(C34C[C@H]5C(=O)N[C@@H](Cc6ccccc6)C(=O)N5[C@H]3Nc3cc(F)ccc34)C[C@@H]12. The molecule has 4 aromatic carbocycles. The third-order valence-corrected chi connectivity index (χ3v) is 12.4. The van der Waals surface area contributed by atoms with Gasteiger partial charge in [0.2, 0.25) is 23.6 Å². The van der Waals surface area contributed by atoms with Crippen LogP contribution in [-0.2, 0) is 42.8 Å². The highest BCUT2D eigenvalue weighted by Crippen LogP contribution is 2.68. The molecule has 10 nitrogen and oxygen atoms in total. The summed E-state index contributed by atoms with van der Waals surface area (Å²) in [5.74, 6) is -1.35. The van der Waals surface area contributed by atoms with E-state index in [0.717, 1.165) is 27.9 Å². The molecule has 0 spiro atoms. The number of nitrogens with zero attached hydrogens (tertiary/aromatic N) is 2. The first-order valence-corrected chi connectivity index (χ1v) is 17.6. The van der Waals surface area contributed by atoms with Crippen molar-refractivity contribution >= 4 is 35.0 Å². The van der Waals surface area contributed by atoms with Crippen LogP contribution in [0.2, 0.25) is 0 Å². The number of anilines is 2. The second-order valence-electron chi connectivity index (χ2n) is 14.7. The maximum absolute atomic E-state index is 15.0. The van der Waals surface area contributed by atoms with Crippen molar-refractivity contribution in [1.82, 2.24) is 20.4 Å². The van der Waals surface area contributed by atoms with Crippen LogP contribution in [0, 0.1) is 5.82 Å². The van der Waals surface area contributed by atoms with E-state index in [-0.39, 0.29) is 36.5 Å². The summed E-state index contributed by atoms with van der Waals surface area (Å²) in [6, 6.07) is 28.5. The molecule has 4 saturated heterocycles. The van der Waals surface area contributed by atoms with Crippen LogP contribution < -0.4 is 21.3 Å². The van der Waals surface area contributed by atoms with Crippen molar-refractivity contribution < 1.29 is 23.6 Å². The molecular formula is C40H35FN6O4. The van der Waals surface area contributed by atoms with Gasteiger partial charge >= 0.3 is 0 Å². The number of piperazine rings is 2. The van der Waals surface area contributed by atoms with Crippen LogP contribution >= 0.6 is 0 Å². The van der Waals surface area contributed by atoms with E-state index in [1.54, 1.807) is 15.9 Å². The summed E-state index contributed by atoms with van der Waals surface area (Å²) in [7, 11) is 0. The molecule has 4 amide bonds. The van der Waals surface area contributed by atoms with Gasteiger partial charge in [0.15, 0.2) is 0 Å². The number of rotatable bonds is 5. The zero-order valence-corrected chi connectivity index (χ0v) is 27.5. The van der Waals surface area contributed by atoms with Crippen molar-refractivity contribution in [3.05, 3.63) is 131 Å². The minimum Gasteiger partial charge on any atom is -0.364 e. The van der Waals surface area contributed by atoms with Gasteiger partial charge in [-0.15, -0.1) is 0 Å². The molecular weight excluding hydrogens is 647 g/mol. The molecule has 6 aliphatic rings. The first-order chi connectivity index (χ1) is 24.8. The summed E-state index contributed by atoms with van der Waals surface area (Å²) >= 11 is 0. The molecule has 0 bridgehead atoms. The smallest absolute Gasteiger partial charge is 0.247 e. The number of hydrogen-bond acceptors (Lipinski definition) is 6. The van der Waals surface area contributed by atoms with Gasteiger partial charge in [0.25, 0.3) is 0 Å². The van der Waals surface area contributed by atoms with Gasteiger partial charge in [-0.25, -0.2) is 4.39 Å². The first kappa shape index (κ1) is 30.1. The van der Waals surface area contributed by atoms with Gasteiger partial charge in [-0.2, -0.15) is 0 Å². The second-order valence-corrected chi connectivity index (χ2v) is 14.7. The summed E-state index contributed by atoms with van der Waals surface area (Å²) in [6.45, 7) is 0. The van der Waals surface area contributed by atoms with E-state index < -0.39 is 53.1 Å². The Morgan fingerprint density at radius 1 is 0.569 bits per heavy atom. The highest BCUT2D eigenvalue weighted by atomic mass is 19.1. The molecule has 2 unspecified atom stereocenters. The van der Waals surface area contributed by atoms with Gasteiger partial charge in [0, 0.05) is 24.2 Å². The Labute approximate surface area is 293 Å². The predicted molar refractivity (Wildman–Crippen MR) is 186 cm³/mol. The number of nitrogens with one attached hydrogen (secondary N) is 4. The Morgan fingerprint density at radius 3 is 1.59 bits per heavy atom. The predicted octanol–water partition coefficient (Wildman–Crippen LogP) is 3.19. The van der Waals surface area contributed by atoms with Gasteiger partial charge in [0.1, 0.15) is 42.3 Å². The number of halogens is 1. The number of carbonyl (C=O) groups excluding carboxylic acids is 4. The monoisotopic (exact) mass is 682 g/mol. The Kier molecular flexibility index (Phi) is 6.29. The van der Waals surface area contributed by atoms with Gasteiger partial charge in [-0.1, -0.05) is 84.9 Å². The lowest BCUT2D eigenvalue weighted by atomic mass is 9.54. The molecule has 4 aromatic rings. The van der Waals surface area contributed by atoms with Crippen molar-refractivity contribution in [2.45, 2.75) is 73.0 Å². The van der Waals surface area contributed by atoms with Crippen molar-refractivity contribution in [3.63, 3.8) is 0 Å². The third-order valence-electron chi connectivity index (χ3n) is 12.4. The molecule has 11 heteroatoms. The van der Waals surface area contributed by atoms with E-state index in [9.17, 15) is 23.6 Å². The fourth-order valence-corrected chi connectivity index (χ4v) is 10.4. The number of carbonyl (C=O) groups is 4. The minimum atomic E-state index is -1.04. The molecule has 4 N–H and O–H groups in total. The number of fused-ring (bicyclic) bond motifs is 11. The Balaban J connectivity index is 1.14. The van der Waals surface area contributed by atoms with Crippen molar-refractivity contribution in [3.8, 4) is 0 Å². The van der Waals surface area contributed by atoms with Gasteiger partial charge in [-0.05, 0) is 53.3 Å². The van der Waals surface area contributed by atoms with Crippen molar-refractivity contribution in [1.29, 1.82) is 0 Å². The molecule has 0 aliphatic carbocycles. The van der Waals surface area contributed by atoms with Crippen LogP contribution in [0.4, 0.5) is 15.8 Å². The van der Waals surface area contributed by atoms with Crippen molar-refractivity contribution in [2.24, 2.45) is 0 Å². The standard InChI is InChI=1S/C40H35FN6O4/c41-24-15-16-26-28(19-24)45-38-40(26,21-32-34(49)43-30(36(51)47(32)38)18-23-11-5-2-6-12-23)39-20-31-33(48)42-29(17-22-9-3-1-4-10-22)35(50)46(31)37(39)44-27-14-8-7-13-25(27)39/h1-16,19,29-32,37-38,44-45H,17-18,20-21H2,(H,42,48)(H,43,49)/t29-,30-,31-,32-,37+,38+,39?,40?/m0/s1. The minimum absolute atomic E-state index is 0.193. The number of benzene rings is 4. The molecule has 256 valence electrons. The van der Waals surface area contributed by atoms with Crippen LogP contribution in [0.15, 0.2) is 103 Å². The number of amides is 4. The maximum Gasteiger partial charge on any atom is 0.247 e. The van der Waals surface area contributed by atoms with E-state index >= 15 is 0 Å². The summed E-state index contributed by atoms with van der Waals surface area (Å²) in [6.07, 6.45) is -0.318. The molecule has 4 fully saturated rings. The molecule has 6 aliphatic heterocycles. The summed E-state index contributed by atoms with van der Waals surface area (Å²) in [4.78, 5) is 61.0. The lowest BCUT2D eigenvalue weighted by Gasteiger charge is -2.48. The van der Waals surface area contributed by atoms with Gasteiger partial charge < -0.3 is 31.1 Å². The Hall–Kier alpha value is -5.71.